The lowest BCUT2D eigenvalue weighted by Crippen LogP contribution is -1.95. The number of nitrogens with zero attached hydrogens (tertiary/aromatic N) is 2. The summed E-state index contributed by atoms with van der Waals surface area (Å²) in [7, 11) is 0. The van der Waals surface area contributed by atoms with Gasteiger partial charge in [0, 0.05) is 56.4 Å². The van der Waals surface area contributed by atoms with Crippen molar-refractivity contribution in [2.75, 3.05) is 0 Å². The van der Waals surface area contributed by atoms with Gasteiger partial charge in [0.2, 0.25) is 0 Å². The van der Waals surface area contributed by atoms with Gasteiger partial charge in [0.1, 0.15) is 0 Å². The van der Waals surface area contributed by atoms with Crippen LogP contribution < -0.4 is 0 Å². The van der Waals surface area contributed by atoms with Crippen LogP contribution in [0.1, 0.15) is 13.8 Å². The molecule has 274 valence electrons. The summed E-state index contributed by atoms with van der Waals surface area (Å²) in [5, 5.41) is 15.4. The second-order valence-corrected chi connectivity index (χ2v) is 15.7. The first-order valence-electron chi connectivity index (χ1n) is 20.6. The molecule has 58 heavy (non-hydrogen) atoms. The second-order valence-electron chi connectivity index (χ2n) is 15.7. The fourth-order valence-electron chi connectivity index (χ4n) is 10.5. The molecule has 12 rings (SSSR count). The van der Waals surface area contributed by atoms with Crippen molar-refractivity contribution in [3.05, 3.63) is 182 Å². The minimum atomic E-state index is 0.897. The molecule has 0 aliphatic rings. The molecule has 2 nitrogen and oxygen atoms in total. The Bertz CT molecular complexity index is 3420. The van der Waals surface area contributed by atoms with E-state index < -0.39 is 0 Å². The van der Waals surface area contributed by atoms with Crippen molar-refractivity contribution in [2.24, 2.45) is 0 Å². The maximum atomic E-state index is 2.52. The van der Waals surface area contributed by atoms with Crippen molar-refractivity contribution < 1.29 is 0 Å². The fourth-order valence-corrected chi connectivity index (χ4v) is 10.5. The molecule has 0 saturated heterocycles. The topological polar surface area (TPSA) is 9.86 Å². The summed E-state index contributed by atoms with van der Waals surface area (Å²) >= 11 is 0. The van der Waals surface area contributed by atoms with E-state index in [1.54, 1.807) is 0 Å². The van der Waals surface area contributed by atoms with Gasteiger partial charge in [-0.25, -0.2) is 0 Å². The number of para-hydroxylation sites is 2. The number of benzene rings is 10. The highest BCUT2D eigenvalue weighted by molar-refractivity contribution is 6.29. The van der Waals surface area contributed by atoms with Crippen molar-refractivity contribution in [1.82, 2.24) is 9.13 Å². The Morgan fingerprint density at radius 2 is 0.741 bits per heavy atom. The van der Waals surface area contributed by atoms with E-state index in [1.165, 1.54) is 120 Å². The molecule has 0 unspecified atom stereocenters. The molecule has 0 bridgehead atoms. The zero-order valence-electron chi connectivity index (χ0n) is 32.6. The fraction of sp³-hybridized carbons (Fsp3) is 0.0714. The molecular formula is C56H40N2. The largest absolute Gasteiger partial charge is 0.340 e. The summed E-state index contributed by atoms with van der Waals surface area (Å²) in [4.78, 5) is 0. The van der Waals surface area contributed by atoms with E-state index in [0.717, 1.165) is 13.1 Å². The highest BCUT2D eigenvalue weighted by Crippen LogP contribution is 2.49. The summed E-state index contributed by atoms with van der Waals surface area (Å²) in [6.07, 6.45) is 0. The molecule has 2 aromatic heterocycles. The van der Waals surface area contributed by atoms with Crippen LogP contribution in [0.5, 0.6) is 0 Å². The van der Waals surface area contributed by atoms with Gasteiger partial charge in [-0.2, -0.15) is 0 Å². The van der Waals surface area contributed by atoms with Gasteiger partial charge in [0.25, 0.3) is 0 Å². The van der Waals surface area contributed by atoms with Gasteiger partial charge in [-0.05, 0) is 110 Å². The smallest absolute Gasteiger partial charge is 0.0577 e. The molecular weight excluding hydrogens is 701 g/mol. The number of fused-ring (bicyclic) bond motifs is 12. The molecule has 0 radical (unpaired) electrons. The molecule has 0 aliphatic carbocycles. The Balaban J connectivity index is 1.27. The standard InChI is InChI=1S/C56H40N2/c1-3-57-50-30-14-12-24-44(50)53-48(32-36-20-8-10-22-38(36)55(53)57)40-26-16-28-42-46(40)34-47-41(27-17-29-43(47)52(42)35-18-6-5-7-19-35)49-33-37-21-9-11-23-39(37)56-54(49)45-25-13-15-31-51(45)58(56)4-2/h5-34H,3-4H2,1-2H3. The van der Waals surface area contributed by atoms with Gasteiger partial charge in [0.05, 0.1) is 11.0 Å². The highest BCUT2D eigenvalue weighted by atomic mass is 15.0. The normalized spacial score (nSPS) is 12.1. The minimum absolute atomic E-state index is 0.897. The number of aromatic nitrogens is 2. The maximum absolute atomic E-state index is 2.52. The Morgan fingerprint density at radius 1 is 0.328 bits per heavy atom. The molecule has 0 atom stereocenters. The van der Waals surface area contributed by atoms with E-state index in [2.05, 4.69) is 205 Å². The van der Waals surface area contributed by atoms with Crippen molar-refractivity contribution in [3.8, 4) is 33.4 Å². The number of hydrogen-bond acceptors (Lipinski definition) is 0. The van der Waals surface area contributed by atoms with Crippen LogP contribution in [0.2, 0.25) is 0 Å². The van der Waals surface area contributed by atoms with E-state index in [0.29, 0.717) is 0 Å². The quantitative estimate of drug-likeness (QED) is 0.156. The maximum Gasteiger partial charge on any atom is 0.0577 e. The molecule has 0 spiro atoms. The van der Waals surface area contributed by atoms with E-state index in [-0.39, 0.29) is 0 Å². The van der Waals surface area contributed by atoms with Crippen LogP contribution in [0.3, 0.4) is 0 Å². The van der Waals surface area contributed by atoms with Crippen LogP contribution >= 0.6 is 0 Å². The lowest BCUT2D eigenvalue weighted by Gasteiger charge is -2.19. The van der Waals surface area contributed by atoms with E-state index >= 15 is 0 Å². The van der Waals surface area contributed by atoms with Crippen LogP contribution in [0.25, 0.3) is 120 Å². The van der Waals surface area contributed by atoms with Crippen LogP contribution in [0.15, 0.2) is 182 Å². The van der Waals surface area contributed by atoms with Crippen molar-refractivity contribution in [2.45, 2.75) is 26.9 Å². The Morgan fingerprint density at radius 3 is 1.22 bits per heavy atom. The van der Waals surface area contributed by atoms with Crippen LogP contribution in [-0.4, -0.2) is 9.13 Å². The molecule has 0 N–H and O–H groups in total. The van der Waals surface area contributed by atoms with Gasteiger partial charge >= 0.3 is 0 Å². The summed E-state index contributed by atoms with van der Waals surface area (Å²) in [5.74, 6) is 0. The molecule has 12 aromatic rings. The summed E-state index contributed by atoms with van der Waals surface area (Å²) in [6, 6.07) is 68.2. The van der Waals surface area contributed by atoms with Gasteiger partial charge in [-0.3, -0.25) is 0 Å². The third kappa shape index (κ3) is 4.54. The predicted molar refractivity (Wildman–Crippen MR) is 250 cm³/mol. The first kappa shape index (κ1) is 33.0. The van der Waals surface area contributed by atoms with Crippen LogP contribution in [0.4, 0.5) is 0 Å². The van der Waals surface area contributed by atoms with Crippen LogP contribution in [-0.2, 0) is 13.1 Å². The molecule has 0 amide bonds. The molecule has 0 fully saturated rings. The van der Waals surface area contributed by atoms with Crippen molar-refractivity contribution >= 4 is 86.7 Å². The summed E-state index contributed by atoms with van der Waals surface area (Å²) in [5.41, 5.74) is 12.7. The van der Waals surface area contributed by atoms with Crippen molar-refractivity contribution in [1.29, 1.82) is 0 Å². The number of hydrogen-bond donors (Lipinski definition) is 0. The van der Waals surface area contributed by atoms with Gasteiger partial charge in [0.15, 0.2) is 0 Å². The van der Waals surface area contributed by atoms with Gasteiger partial charge < -0.3 is 9.13 Å². The first-order chi connectivity index (χ1) is 28.7. The van der Waals surface area contributed by atoms with Gasteiger partial charge in [-0.1, -0.05) is 152 Å². The van der Waals surface area contributed by atoms with Crippen molar-refractivity contribution in [3.63, 3.8) is 0 Å². The highest BCUT2D eigenvalue weighted by Gasteiger charge is 2.23. The SMILES string of the molecule is CCn1c2ccccc2c2c(-c3cccc4c(-c5ccccc5)c5cccc(-c6cc7ccccc7c7c6c6ccccc6n7CC)c5cc34)cc3ccccc3c21. The third-order valence-electron chi connectivity index (χ3n) is 12.8. The third-order valence-corrected chi connectivity index (χ3v) is 12.8. The second kappa shape index (κ2) is 12.7. The minimum Gasteiger partial charge on any atom is -0.340 e. The summed E-state index contributed by atoms with van der Waals surface area (Å²) in [6.45, 7) is 6.33. The van der Waals surface area contributed by atoms with E-state index in [1.807, 2.05) is 0 Å². The predicted octanol–water partition coefficient (Wildman–Crippen LogP) is 15.6. The monoisotopic (exact) mass is 740 g/mol. The number of rotatable bonds is 5. The molecule has 2 heterocycles. The first-order valence-corrected chi connectivity index (χ1v) is 20.6. The lowest BCUT2D eigenvalue weighted by molar-refractivity contribution is 0.829. The molecule has 0 aliphatic heterocycles. The average molecular weight is 741 g/mol. The average Bonchev–Trinajstić information content (AvgIpc) is 3.81. The number of aryl methyl sites for hydroxylation is 2. The molecule has 10 aromatic carbocycles. The van der Waals surface area contributed by atoms with Gasteiger partial charge in [-0.15, -0.1) is 0 Å². The molecule has 2 heteroatoms. The molecule has 0 saturated carbocycles. The Labute approximate surface area is 336 Å². The van der Waals surface area contributed by atoms with Crippen LogP contribution in [0, 0.1) is 0 Å². The Kier molecular flexibility index (Phi) is 7.22. The van der Waals surface area contributed by atoms with E-state index in [9.17, 15) is 0 Å². The summed E-state index contributed by atoms with van der Waals surface area (Å²) < 4.78 is 5.03. The Hall–Kier alpha value is -7.16. The zero-order chi connectivity index (χ0) is 38.5. The van der Waals surface area contributed by atoms with E-state index in [4.69, 9.17) is 0 Å². The lowest BCUT2D eigenvalue weighted by atomic mass is 9.84. The zero-order valence-corrected chi connectivity index (χ0v) is 32.6.